The number of nitrogens with zero attached hydrogens (tertiary/aromatic N) is 3. The molecule has 54 heavy (non-hydrogen) atoms. The number of fused-ring (bicyclic) bond motifs is 11. The van der Waals surface area contributed by atoms with Crippen molar-refractivity contribution in [1.29, 1.82) is 5.26 Å². The molecule has 13 heteroatoms. The van der Waals surface area contributed by atoms with Crippen LogP contribution in [0, 0.1) is 32.1 Å². The average Bonchev–Trinajstić information content (AvgIpc) is 3.81. The van der Waals surface area contributed by atoms with Gasteiger partial charge in [0, 0.05) is 57.7 Å². The maximum atomic E-state index is 15.0. The Bertz CT molecular complexity index is 2320. The Morgan fingerprint density at radius 1 is 1.11 bits per heavy atom. The average molecular weight is 749 g/mol. The molecule has 0 unspecified atom stereocenters. The second-order valence-electron chi connectivity index (χ2n) is 15.7. The fraction of sp³-hybridized carbons (Fsp3) is 0.463. The Morgan fingerprint density at radius 3 is 2.69 bits per heavy atom. The zero-order valence-corrected chi connectivity index (χ0v) is 31.8. The third-order valence-corrected chi connectivity index (χ3v) is 14.8. The summed E-state index contributed by atoms with van der Waals surface area (Å²) >= 11 is 1.69. The van der Waals surface area contributed by atoms with Gasteiger partial charge >= 0.3 is 5.97 Å². The molecule has 0 saturated carbocycles. The van der Waals surface area contributed by atoms with Crippen LogP contribution in [-0.2, 0) is 27.9 Å². The summed E-state index contributed by atoms with van der Waals surface area (Å²) < 4.78 is 24.8. The highest BCUT2D eigenvalue weighted by molar-refractivity contribution is 7.99. The Hall–Kier alpha value is -4.45. The maximum Gasteiger partial charge on any atom is 0.333 e. The molecule has 2 fully saturated rings. The standard InChI is InChI=1S/C41H44N6O6S/c1-18-10-21-11-26-27(14-43)47-28-15-51-40(49)41(39-24(12-22(13-42)45-41)23-8-6-7-9-25(23)44-39)16-54-38(29-19(2)20(3)36-37(31(28)29)53-17-52-36)33(47)32(46(26)4)30(21)34(48)35(18)50-5/h6-10,22,26-28,32-33,38,44-45,48H,11-13,15-17,42H2,1-5H3/t22-,26-,27-,28-,32+,33+,38+,41+/m0/s1. The van der Waals surface area contributed by atoms with E-state index in [2.05, 4.69) is 59.2 Å². The van der Waals surface area contributed by atoms with Crippen molar-refractivity contribution < 1.29 is 28.8 Å². The molecule has 5 N–H and O–H groups in total. The van der Waals surface area contributed by atoms with Crippen LogP contribution in [0.1, 0.15) is 67.5 Å². The predicted molar refractivity (Wildman–Crippen MR) is 203 cm³/mol. The van der Waals surface area contributed by atoms with Crippen LogP contribution in [0.25, 0.3) is 10.9 Å². The first-order valence-corrected chi connectivity index (χ1v) is 19.8. The second kappa shape index (κ2) is 12.0. The van der Waals surface area contributed by atoms with Crippen LogP contribution in [0.2, 0.25) is 0 Å². The number of hydrogen-bond acceptors (Lipinski definition) is 12. The largest absolute Gasteiger partial charge is 0.504 e. The molecule has 8 atom stereocenters. The summed E-state index contributed by atoms with van der Waals surface area (Å²) in [6, 6.07) is 10.9. The number of aryl methyl sites for hydroxylation is 1. The number of carbonyl (C=O) groups is 1. The first-order valence-electron chi connectivity index (χ1n) is 18.7. The number of nitrogens with two attached hydrogens (primary N) is 1. The van der Waals surface area contributed by atoms with Gasteiger partial charge in [0.2, 0.25) is 6.79 Å². The number of benzene rings is 3. The quantitative estimate of drug-likeness (QED) is 0.214. The molecule has 8 heterocycles. The highest BCUT2D eigenvalue weighted by Crippen LogP contribution is 2.63. The number of carbonyl (C=O) groups excluding carboxylic acids is 1. The lowest BCUT2D eigenvalue weighted by Gasteiger charge is -2.62. The van der Waals surface area contributed by atoms with Gasteiger partial charge in [0.1, 0.15) is 12.6 Å². The minimum Gasteiger partial charge on any atom is -0.504 e. The van der Waals surface area contributed by atoms with E-state index in [-0.39, 0.29) is 54.5 Å². The minimum atomic E-state index is -1.23. The molecule has 1 spiro atoms. The Kier molecular flexibility index (Phi) is 7.59. The van der Waals surface area contributed by atoms with Gasteiger partial charge in [0.15, 0.2) is 28.5 Å². The van der Waals surface area contributed by atoms with Crippen LogP contribution in [0.4, 0.5) is 0 Å². The van der Waals surface area contributed by atoms with Gasteiger partial charge < -0.3 is 34.8 Å². The lowest BCUT2D eigenvalue weighted by atomic mass is 9.71. The molecule has 11 rings (SSSR count). The van der Waals surface area contributed by atoms with Crippen molar-refractivity contribution in [2.45, 2.75) is 80.7 Å². The maximum absolute atomic E-state index is 15.0. The van der Waals surface area contributed by atoms with Crippen LogP contribution >= 0.6 is 11.8 Å². The molecule has 0 radical (unpaired) electrons. The number of piperazine rings is 1. The van der Waals surface area contributed by atoms with Crippen molar-refractivity contribution >= 4 is 28.6 Å². The SMILES string of the molecule is COc1c(C)cc2c(c1O)[C@@H]1[C@@H]3[C@@H]4SC[C@]5(N[C@H](CN)Cc6c5[nH]c5ccccc65)C(=O)OC[C@@H](c5c6c(c(C)c(C)c54)OCO6)N3[C@@H](C#N)[C@H](C2)N1C. The molecule has 12 nitrogen and oxygen atoms in total. The number of phenolic OH excluding ortho intramolecular Hbond substituents is 1. The second-order valence-corrected chi connectivity index (χ2v) is 16.9. The van der Waals surface area contributed by atoms with Gasteiger partial charge in [-0.1, -0.05) is 24.3 Å². The van der Waals surface area contributed by atoms with Crippen molar-refractivity contribution in [3.63, 3.8) is 0 Å². The van der Waals surface area contributed by atoms with Crippen LogP contribution in [0.15, 0.2) is 30.3 Å². The fourth-order valence-corrected chi connectivity index (χ4v) is 12.6. The normalized spacial score (nSPS) is 31.0. The number of phenols is 1. The van der Waals surface area contributed by atoms with E-state index in [1.54, 1.807) is 18.9 Å². The number of esters is 1. The van der Waals surface area contributed by atoms with Gasteiger partial charge in [0.05, 0.1) is 31.0 Å². The number of rotatable bonds is 2. The van der Waals surface area contributed by atoms with E-state index in [0.29, 0.717) is 42.4 Å². The predicted octanol–water partition coefficient (Wildman–Crippen LogP) is 4.46. The van der Waals surface area contributed by atoms with E-state index in [1.165, 1.54) is 0 Å². The topological polar surface area (TPSA) is 158 Å². The molecule has 1 aromatic heterocycles. The van der Waals surface area contributed by atoms with Crippen molar-refractivity contribution in [1.82, 2.24) is 20.1 Å². The van der Waals surface area contributed by atoms with E-state index in [9.17, 15) is 15.2 Å². The van der Waals surface area contributed by atoms with E-state index in [0.717, 1.165) is 61.1 Å². The van der Waals surface area contributed by atoms with Gasteiger partial charge in [-0.05, 0) is 80.1 Å². The zero-order valence-electron chi connectivity index (χ0n) is 31.0. The van der Waals surface area contributed by atoms with E-state index >= 15 is 0 Å². The zero-order chi connectivity index (χ0) is 37.4. The number of aromatic amines is 1. The van der Waals surface area contributed by atoms with E-state index in [4.69, 9.17) is 24.7 Å². The number of methoxy groups -OCH3 is 1. The molecule has 7 aliphatic rings. The highest BCUT2D eigenvalue weighted by atomic mass is 32.2. The summed E-state index contributed by atoms with van der Waals surface area (Å²) in [6.07, 6.45) is 1.25. The van der Waals surface area contributed by atoms with Gasteiger partial charge in [-0.3, -0.25) is 15.1 Å². The van der Waals surface area contributed by atoms with Crippen molar-refractivity contribution in [2.75, 3.05) is 39.9 Å². The molecule has 4 aromatic rings. The lowest BCUT2D eigenvalue weighted by Crippen LogP contribution is -2.69. The number of hydrogen-bond donors (Lipinski definition) is 4. The first-order chi connectivity index (χ1) is 26.1. The lowest BCUT2D eigenvalue weighted by molar-refractivity contribution is -0.158. The van der Waals surface area contributed by atoms with E-state index < -0.39 is 17.6 Å². The van der Waals surface area contributed by atoms with Gasteiger partial charge in [-0.2, -0.15) is 5.26 Å². The van der Waals surface area contributed by atoms with E-state index in [1.807, 2.05) is 25.1 Å². The number of H-pyrrole nitrogens is 1. The molecule has 280 valence electrons. The summed E-state index contributed by atoms with van der Waals surface area (Å²) in [5, 5.41) is 27.7. The van der Waals surface area contributed by atoms with Crippen molar-refractivity contribution in [3.05, 3.63) is 80.5 Å². The number of aromatic nitrogens is 1. The number of ether oxygens (including phenoxy) is 4. The molecular weight excluding hydrogens is 705 g/mol. The summed E-state index contributed by atoms with van der Waals surface area (Å²) in [7, 11) is 3.67. The number of thioether (sulfide) groups is 1. The summed E-state index contributed by atoms with van der Waals surface area (Å²) in [6.45, 7) is 6.58. The molecule has 2 saturated heterocycles. The molecule has 0 amide bonds. The van der Waals surface area contributed by atoms with Crippen LogP contribution in [0.5, 0.6) is 23.0 Å². The number of nitriles is 1. The smallest absolute Gasteiger partial charge is 0.333 e. The molecular formula is C41H44N6O6S. The molecule has 0 aliphatic carbocycles. The van der Waals surface area contributed by atoms with Crippen LogP contribution in [-0.4, -0.2) is 89.9 Å². The molecule has 3 aromatic carbocycles. The van der Waals surface area contributed by atoms with Gasteiger partial charge in [-0.25, -0.2) is 4.79 Å². The van der Waals surface area contributed by atoms with Gasteiger partial charge in [-0.15, -0.1) is 11.8 Å². The number of likely N-dealkylation sites (N-methyl/N-ethyl adjacent to an activating group) is 1. The first kappa shape index (κ1) is 34.1. The Morgan fingerprint density at radius 2 is 1.91 bits per heavy atom. The number of para-hydroxylation sites is 1. The molecule has 7 aliphatic heterocycles. The van der Waals surface area contributed by atoms with Crippen molar-refractivity contribution in [3.8, 4) is 29.1 Å². The third-order valence-electron chi connectivity index (χ3n) is 13.3. The van der Waals surface area contributed by atoms with Crippen LogP contribution in [0.3, 0.4) is 0 Å². The summed E-state index contributed by atoms with van der Waals surface area (Å²) in [5.41, 5.74) is 14.8. The fourth-order valence-electron chi connectivity index (χ4n) is 10.9. The molecule has 4 bridgehead atoms. The Balaban J connectivity index is 1.23. The third kappa shape index (κ3) is 4.31. The summed E-state index contributed by atoms with van der Waals surface area (Å²) in [4.78, 5) is 23.2. The van der Waals surface area contributed by atoms with Crippen LogP contribution < -0.4 is 25.3 Å². The Labute approximate surface area is 317 Å². The number of aromatic hydroxyl groups is 1. The number of nitrogens with one attached hydrogen (secondary N) is 2. The van der Waals surface area contributed by atoms with Crippen molar-refractivity contribution in [2.24, 2.45) is 5.73 Å². The van der Waals surface area contributed by atoms with Gasteiger partial charge in [0.25, 0.3) is 0 Å². The summed E-state index contributed by atoms with van der Waals surface area (Å²) in [5.74, 6) is 1.90. The highest BCUT2D eigenvalue weighted by Gasteiger charge is 2.61. The minimum absolute atomic E-state index is 0.0122. The monoisotopic (exact) mass is 748 g/mol.